The zero-order valence-electron chi connectivity index (χ0n) is 17.0. The van der Waals surface area contributed by atoms with E-state index < -0.39 is 0 Å². The first-order valence-corrected chi connectivity index (χ1v) is 10.2. The average Bonchev–Trinajstić information content (AvgIpc) is 3.31. The van der Waals surface area contributed by atoms with E-state index in [-0.39, 0.29) is 24.0 Å². The van der Waals surface area contributed by atoms with E-state index in [4.69, 9.17) is 18.9 Å². The molecule has 2 aliphatic rings. The van der Waals surface area contributed by atoms with Crippen molar-refractivity contribution in [3.63, 3.8) is 0 Å². The quantitative estimate of drug-likeness (QED) is 0.739. The zero-order chi connectivity index (χ0) is 20.2. The molecule has 1 aliphatic heterocycles. The van der Waals surface area contributed by atoms with Crippen molar-refractivity contribution in [1.82, 2.24) is 0 Å². The lowest BCUT2D eigenvalue weighted by molar-refractivity contribution is -0.102. The minimum Gasteiger partial charge on any atom is -0.497 e. The van der Waals surface area contributed by atoms with Gasteiger partial charge in [0.25, 0.3) is 0 Å². The van der Waals surface area contributed by atoms with E-state index in [1.54, 1.807) is 14.2 Å². The van der Waals surface area contributed by atoms with Crippen molar-refractivity contribution in [3.05, 3.63) is 59.2 Å². The molecule has 2 aromatic rings. The molecule has 4 rings (SSSR count). The second-order valence-corrected chi connectivity index (χ2v) is 7.70. The maximum absolute atomic E-state index is 10.1. The first-order chi connectivity index (χ1) is 14.2. The minimum absolute atomic E-state index is 0.101. The Morgan fingerprint density at radius 2 is 1.83 bits per heavy atom. The summed E-state index contributed by atoms with van der Waals surface area (Å²) < 4.78 is 22.6. The molecule has 0 N–H and O–H groups in total. The van der Waals surface area contributed by atoms with Gasteiger partial charge in [-0.2, -0.15) is 5.26 Å². The van der Waals surface area contributed by atoms with Gasteiger partial charge in [0.2, 0.25) is 0 Å². The SMILES string of the molecule is COc1cccc(CC(C2OCCO2)C2CCc3cc(OC)ccc3C2C#N)c1. The van der Waals surface area contributed by atoms with Crippen LogP contribution < -0.4 is 9.47 Å². The van der Waals surface area contributed by atoms with Crippen LogP contribution in [-0.4, -0.2) is 33.7 Å². The van der Waals surface area contributed by atoms with Crippen LogP contribution >= 0.6 is 0 Å². The molecule has 0 radical (unpaired) electrons. The smallest absolute Gasteiger partial charge is 0.161 e. The van der Waals surface area contributed by atoms with Crippen molar-refractivity contribution < 1.29 is 18.9 Å². The molecule has 1 saturated heterocycles. The number of hydrogen-bond acceptors (Lipinski definition) is 5. The van der Waals surface area contributed by atoms with E-state index in [9.17, 15) is 5.26 Å². The van der Waals surface area contributed by atoms with Crippen LogP contribution in [0.5, 0.6) is 11.5 Å². The highest BCUT2D eigenvalue weighted by atomic mass is 16.7. The van der Waals surface area contributed by atoms with Gasteiger partial charge in [-0.15, -0.1) is 0 Å². The number of ether oxygens (including phenoxy) is 4. The van der Waals surface area contributed by atoms with E-state index in [0.717, 1.165) is 36.3 Å². The fourth-order valence-corrected chi connectivity index (χ4v) is 4.72. The third-order valence-electron chi connectivity index (χ3n) is 6.15. The number of fused-ring (bicyclic) bond motifs is 1. The standard InChI is InChI=1S/C24H27NO4/c1-26-18-5-3-4-16(12-18)13-22(24-28-10-11-29-24)21-8-6-17-14-19(27-2)7-9-20(17)23(21)15-25/h3-5,7,9,12,14,21-24H,6,8,10-11,13H2,1-2H3. The fraction of sp³-hybridized carbons (Fsp3) is 0.458. The summed E-state index contributed by atoms with van der Waals surface area (Å²) in [6, 6.07) is 16.8. The van der Waals surface area contributed by atoms with Crippen molar-refractivity contribution in [2.45, 2.75) is 31.5 Å². The van der Waals surface area contributed by atoms with Crippen molar-refractivity contribution in [3.8, 4) is 17.6 Å². The summed E-state index contributed by atoms with van der Waals surface area (Å²) in [5.41, 5.74) is 3.49. The molecule has 0 bridgehead atoms. The Kier molecular flexibility index (Phi) is 6.03. The second-order valence-electron chi connectivity index (χ2n) is 7.70. The zero-order valence-corrected chi connectivity index (χ0v) is 17.0. The van der Waals surface area contributed by atoms with Crippen molar-refractivity contribution in [2.75, 3.05) is 27.4 Å². The Bertz CT molecular complexity index is 885. The summed E-state index contributed by atoms with van der Waals surface area (Å²) in [7, 11) is 3.35. The van der Waals surface area contributed by atoms with Crippen LogP contribution in [0.2, 0.25) is 0 Å². The van der Waals surface area contributed by atoms with Crippen molar-refractivity contribution in [2.24, 2.45) is 11.8 Å². The Labute approximate surface area is 172 Å². The number of methoxy groups -OCH3 is 2. The first-order valence-electron chi connectivity index (χ1n) is 10.2. The first kappa shape index (κ1) is 19.8. The molecular formula is C24H27NO4. The van der Waals surface area contributed by atoms with E-state index in [0.29, 0.717) is 13.2 Å². The highest BCUT2D eigenvalue weighted by Gasteiger charge is 2.41. The maximum Gasteiger partial charge on any atom is 0.161 e. The van der Waals surface area contributed by atoms with Gasteiger partial charge in [-0.25, -0.2) is 0 Å². The molecule has 1 aliphatic carbocycles. The Hall–Kier alpha value is -2.55. The van der Waals surface area contributed by atoms with Gasteiger partial charge in [-0.1, -0.05) is 18.2 Å². The molecule has 29 heavy (non-hydrogen) atoms. The molecule has 0 aromatic heterocycles. The molecular weight excluding hydrogens is 366 g/mol. The summed E-state index contributed by atoms with van der Waals surface area (Å²) in [6.07, 6.45) is 2.37. The molecule has 3 unspecified atom stereocenters. The van der Waals surface area contributed by atoms with E-state index in [2.05, 4.69) is 24.3 Å². The highest BCUT2D eigenvalue weighted by molar-refractivity contribution is 5.42. The Morgan fingerprint density at radius 3 is 2.55 bits per heavy atom. The highest BCUT2D eigenvalue weighted by Crippen LogP contribution is 2.44. The molecule has 5 heteroatoms. The molecule has 1 fully saturated rings. The monoisotopic (exact) mass is 393 g/mol. The summed E-state index contributed by atoms with van der Waals surface area (Å²) in [4.78, 5) is 0. The lowest BCUT2D eigenvalue weighted by Gasteiger charge is -2.37. The summed E-state index contributed by atoms with van der Waals surface area (Å²) >= 11 is 0. The Balaban J connectivity index is 1.65. The van der Waals surface area contributed by atoms with Gasteiger partial charge in [0, 0.05) is 5.92 Å². The number of nitriles is 1. The topological polar surface area (TPSA) is 60.7 Å². The molecule has 1 heterocycles. The van der Waals surface area contributed by atoms with Crippen LogP contribution in [0.15, 0.2) is 42.5 Å². The van der Waals surface area contributed by atoms with Crippen molar-refractivity contribution >= 4 is 0 Å². The van der Waals surface area contributed by atoms with Crippen LogP contribution in [0.3, 0.4) is 0 Å². The summed E-state index contributed by atoms with van der Waals surface area (Å²) in [6.45, 7) is 1.22. The van der Waals surface area contributed by atoms with Crippen LogP contribution in [0.1, 0.15) is 29.0 Å². The average molecular weight is 393 g/mol. The van der Waals surface area contributed by atoms with Crippen LogP contribution in [0, 0.1) is 23.2 Å². The van der Waals surface area contributed by atoms with Gasteiger partial charge < -0.3 is 18.9 Å². The number of rotatable bonds is 6. The van der Waals surface area contributed by atoms with E-state index in [1.165, 1.54) is 11.1 Å². The molecule has 2 aromatic carbocycles. The van der Waals surface area contributed by atoms with Gasteiger partial charge in [0.1, 0.15) is 11.5 Å². The third-order valence-corrected chi connectivity index (χ3v) is 6.15. The molecule has 5 nitrogen and oxygen atoms in total. The lowest BCUT2D eigenvalue weighted by Crippen LogP contribution is -2.36. The molecule has 152 valence electrons. The number of hydrogen-bond donors (Lipinski definition) is 0. The van der Waals surface area contributed by atoms with Gasteiger partial charge in [0.15, 0.2) is 6.29 Å². The van der Waals surface area contributed by atoms with Gasteiger partial charge >= 0.3 is 0 Å². The summed E-state index contributed by atoms with van der Waals surface area (Å²) in [5, 5.41) is 10.1. The predicted molar refractivity (Wildman–Crippen MR) is 109 cm³/mol. The predicted octanol–water partition coefficient (Wildman–Crippen LogP) is 4.11. The maximum atomic E-state index is 10.1. The normalized spacial score (nSPS) is 22.5. The largest absolute Gasteiger partial charge is 0.497 e. The van der Waals surface area contributed by atoms with E-state index in [1.807, 2.05) is 24.3 Å². The van der Waals surface area contributed by atoms with Gasteiger partial charge in [-0.3, -0.25) is 0 Å². The Morgan fingerprint density at radius 1 is 1.07 bits per heavy atom. The fourth-order valence-electron chi connectivity index (χ4n) is 4.72. The molecule has 0 saturated carbocycles. The lowest BCUT2D eigenvalue weighted by atomic mass is 9.68. The molecule has 0 spiro atoms. The minimum atomic E-state index is -0.276. The second kappa shape index (κ2) is 8.86. The van der Waals surface area contributed by atoms with Gasteiger partial charge in [0.05, 0.1) is 39.4 Å². The van der Waals surface area contributed by atoms with Crippen LogP contribution in [0.25, 0.3) is 0 Å². The molecule has 3 atom stereocenters. The summed E-state index contributed by atoms with van der Waals surface area (Å²) in [5.74, 6) is 1.76. The molecule has 0 amide bonds. The number of nitrogens with zero attached hydrogens (tertiary/aromatic N) is 1. The van der Waals surface area contributed by atoms with Crippen LogP contribution in [0.4, 0.5) is 0 Å². The third kappa shape index (κ3) is 4.10. The van der Waals surface area contributed by atoms with Crippen molar-refractivity contribution in [1.29, 1.82) is 5.26 Å². The van der Waals surface area contributed by atoms with Gasteiger partial charge in [-0.05, 0) is 66.1 Å². The number of aryl methyl sites for hydroxylation is 1. The van der Waals surface area contributed by atoms with Crippen LogP contribution in [-0.2, 0) is 22.3 Å². The number of benzene rings is 2. The van der Waals surface area contributed by atoms with E-state index >= 15 is 0 Å².